The molecule has 0 heterocycles. The molecule has 1 amide bonds. The summed E-state index contributed by atoms with van der Waals surface area (Å²) in [5, 5.41) is 21.2. The Kier molecular flexibility index (Phi) is 3.90. The van der Waals surface area contributed by atoms with Gasteiger partial charge in [-0.3, -0.25) is 9.59 Å². The number of halogens is 1. The van der Waals surface area contributed by atoms with Crippen molar-refractivity contribution in [2.45, 2.75) is 12.5 Å². The predicted molar refractivity (Wildman–Crippen MR) is 71.9 cm³/mol. The summed E-state index contributed by atoms with van der Waals surface area (Å²) in [6.45, 7) is 0. The van der Waals surface area contributed by atoms with E-state index in [9.17, 15) is 14.7 Å². The Hall–Kier alpha value is -1.82. The van der Waals surface area contributed by atoms with Crippen molar-refractivity contribution in [2.75, 3.05) is 0 Å². The molecule has 0 aliphatic heterocycles. The van der Waals surface area contributed by atoms with Gasteiger partial charge in [0, 0.05) is 10.5 Å². The number of hydrogen-bond donors (Lipinski definition) is 3. The van der Waals surface area contributed by atoms with Gasteiger partial charge < -0.3 is 15.5 Å². The lowest BCUT2D eigenvalue weighted by molar-refractivity contribution is -0.140. The number of hydrogen-bond acceptors (Lipinski definition) is 3. The van der Waals surface area contributed by atoms with E-state index in [1.807, 2.05) is 0 Å². The first-order chi connectivity index (χ1) is 8.97. The van der Waals surface area contributed by atoms with E-state index in [1.165, 1.54) is 12.1 Å². The Bertz CT molecular complexity index is 556. The van der Waals surface area contributed by atoms with Crippen molar-refractivity contribution in [3.05, 3.63) is 40.4 Å². The second-order valence-corrected chi connectivity index (χ2v) is 5.22. The van der Waals surface area contributed by atoms with Gasteiger partial charge in [-0.2, -0.15) is 0 Å². The van der Waals surface area contributed by atoms with E-state index in [0.717, 1.165) is 0 Å². The molecule has 0 aromatic heterocycles. The van der Waals surface area contributed by atoms with Crippen LogP contribution in [0.2, 0.25) is 0 Å². The number of aliphatic carboxylic acids is 1. The van der Waals surface area contributed by atoms with Gasteiger partial charge in [0.25, 0.3) is 5.91 Å². The number of carboxylic acids is 1. The fraction of sp³-hybridized carbons (Fsp3) is 0.231. The van der Waals surface area contributed by atoms with Gasteiger partial charge in [-0.05, 0) is 24.6 Å². The lowest BCUT2D eigenvalue weighted by Crippen LogP contribution is -2.33. The number of aromatic hydroxyl groups is 1. The highest BCUT2D eigenvalue weighted by Crippen LogP contribution is 2.23. The maximum atomic E-state index is 12.0. The molecule has 3 N–H and O–H groups in total. The summed E-state index contributed by atoms with van der Waals surface area (Å²) >= 11 is 3.22. The third-order valence-corrected chi connectivity index (χ3v) is 3.41. The minimum absolute atomic E-state index is 0.113. The molecule has 2 rings (SSSR count). The SMILES string of the molecule is O=C(NC1C=CC(C(=O)O)C1)c1cc(Br)ccc1O. The van der Waals surface area contributed by atoms with Crippen molar-refractivity contribution in [3.8, 4) is 5.75 Å². The number of carboxylic acid groups (broad SMARTS) is 1. The van der Waals surface area contributed by atoms with Crippen LogP contribution in [0.15, 0.2) is 34.8 Å². The van der Waals surface area contributed by atoms with Crippen LogP contribution in [0.25, 0.3) is 0 Å². The maximum Gasteiger partial charge on any atom is 0.310 e. The van der Waals surface area contributed by atoms with E-state index >= 15 is 0 Å². The Morgan fingerprint density at radius 3 is 2.68 bits per heavy atom. The van der Waals surface area contributed by atoms with E-state index in [4.69, 9.17) is 5.11 Å². The fourth-order valence-electron chi connectivity index (χ4n) is 1.93. The lowest BCUT2D eigenvalue weighted by atomic mass is 10.1. The van der Waals surface area contributed by atoms with Crippen LogP contribution >= 0.6 is 15.9 Å². The molecular weight excluding hydrogens is 314 g/mol. The summed E-state index contributed by atoms with van der Waals surface area (Å²) < 4.78 is 0.681. The van der Waals surface area contributed by atoms with Gasteiger partial charge in [-0.15, -0.1) is 0 Å². The van der Waals surface area contributed by atoms with Crippen LogP contribution in [0, 0.1) is 5.92 Å². The molecule has 19 heavy (non-hydrogen) atoms. The van der Waals surface area contributed by atoms with Crippen molar-refractivity contribution >= 4 is 27.8 Å². The van der Waals surface area contributed by atoms with Crippen LogP contribution in [0.1, 0.15) is 16.8 Å². The number of benzene rings is 1. The summed E-state index contributed by atoms with van der Waals surface area (Å²) in [7, 11) is 0. The van der Waals surface area contributed by atoms with Crippen LogP contribution in [-0.2, 0) is 4.79 Å². The number of rotatable bonds is 3. The van der Waals surface area contributed by atoms with Gasteiger partial charge in [0.05, 0.1) is 11.5 Å². The summed E-state index contributed by atoms with van der Waals surface area (Å²) in [6.07, 6.45) is 3.55. The first-order valence-electron chi connectivity index (χ1n) is 5.68. The standard InChI is InChI=1S/C13H12BrNO4/c14-8-2-4-11(16)10(6-8)12(17)15-9-3-1-7(5-9)13(18)19/h1-4,6-7,9,16H,5H2,(H,15,17)(H,18,19). The molecule has 5 nitrogen and oxygen atoms in total. The highest BCUT2D eigenvalue weighted by Gasteiger charge is 2.26. The third kappa shape index (κ3) is 3.14. The molecule has 1 aromatic carbocycles. The minimum Gasteiger partial charge on any atom is -0.507 e. The van der Waals surface area contributed by atoms with Crippen LogP contribution in [0.3, 0.4) is 0 Å². The van der Waals surface area contributed by atoms with E-state index in [2.05, 4.69) is 21.2 Å². The van der Waals surface area contributed by atoms with Crippen LogP contribution in [-0.4, -0.2) is 28.1 Å². The molecule has 0 fully saturated rings. The molecule has 0 saturated carbocycles. The van der Waals surface area contributed by atoms with E-state index in [0.29, 0.717) is 10.9 Å². The smallest absolute Gasteiger partial charge is 0.310 e. The lowest BCUT2D eigenvalue weighted by Gasteiger charge is -2.13. The summed E-state index contributed by atoms with van der Waals surface area (Å²) in [4.78, 5) is 22.8. The van der Waals surface area contributed by atoms with Crippen molar-refractivity contribution in [2.24, 2.45) is 5.92 Å². The Balaban J connectivity index is 2.05. The largest absolute Gasteiger partial charge is 0.507 e. The first kappa shape index (κ1) is 13.6. The molecule has 1 aliphatic carbocycles. The normalized spacial score (nSPS) is 21.3. The van der Waals surface area contributed by atoms with Gasteiger partial charge in [-0.25, -0.2) is 0 Å². The molecule has 0 spiro atoms. The molecule has 0 saturated heterocycles. The van der Waals surface area contributed by atoms with Gasteiger partial charge in [0.15, 0.2) is 0 Å². The fourth-order valence-corrected chi connectivity index (χ4v) is 2.29. The first-order valence-corrected chi connectivity index (χ1v) is 6.47. The zero-order valence-electron chi connectivity index (χ0n) is 9.84. The highest BCUT2D eigenvalue weighted by molar-refractivity contribution is 9.10. The molecule has 6 heteroatoms. The second kappa shape index (κ2) is 5.44. The molecule has 2 atom stereocenters. The van der Waals surface area contributed by atoms with Gasteiger partial charge >= 0.3 is 5.97 Å². The average molecular weight is 326 g/mol. The number of carbonyl (C=O) groups excluding carboxylic acids is 1. The minimum atomic E-state index is -0.904. The number of carbonyl (C=O) groups is 2. The Labute approximate surface area is 118 Å². The second-order valence-electron chi connectivity index (χ2n) is 4.31. The van der Waals surface area contributed by atoms with Crippen LogP contribution < -0.4 is 5.32 Å². The van der Waals surface area contributed by atoms with Crippen LogP contribution in [0.4, 0.5) is 0 Å². The summed E-state index contributed by atoms with van der Waals surface area (Å²) in [5.41, 5.74) is 0.154. The third-order valence-electron chi connectivity index (χ3n) is 2.92. The van der Waals surface area contributed by atoms with Gasteiger partial charge in [0.2, 0.25) is 0 Å². The van der Waals surface area contributed by atoms with Gasteiger partial charge in [-0.1, -0.05) is 28.1 Å². The van der Waals surface area contributed by atoms with Crippen LogP contribution in [0.5, 0.6) is 5.75 Å². The number of nitrogens with one attached hydrogen (secondary N) is 1. The van der Waals surface area contributed by atoms with Crippen molar-refractivity contribution in [3.63, 3.8) is 0 Å². The quantitative estimate of drug-likeness (QED) is 0.741. The van der Waals surface area contributed by atoms with Crippen molar-refractivity contribution < 1.29 is 19.8 Å². The van der Waals surface area contributed by atoms with Gasteiger partial charge in [0.1, 0.15) is 5.75 Å². The Morgan fingerprint density at radius 1 is 1.32 bits per heavy atom. The average Bonchev–Trinajstić information content (AvgIpc) is 2.80. The maximum absolute atomic E-state index is 12.0. The molecular formula is C13H12BrNO4. The van der Waals surface area contributed by atoms with E-state index in [1.54, 1.807) is 18.2 Å². The summed E-state index contributed by atoms with van der Waals surface area (Å²) in [6, 6.07) is 4.23. The van der Waals surface area contributed by atoms with E-state index < -0.39 is 17.8 Å². The van der Waals surface area contributed by atoms with E-state index in [-0.39, 0.29) is 17.4 Å². The predicted octanol–water partition coefficient (Wildman–Crippen LogP) is 1.91. The molecule has 100 valence electrons. The number of phenols is 1. The monoisotopic (exact) mass is 325 g/mol. The topological polar surface area (TPSA) is 86.6 Å². The van der Waals surface area contributed by atoms with Crippen molar-refractivity contribution in [1.29, 1.82) is 0 Å². The molecule has 2 unspecified atom stereocenters. The molecule has 0 radical (unpaired) electrons. The highest BCUT2D eigenvalue weighted by atomic mass is 79.9. The molecule has 1 aromatic rings. The Morgan fingerprint density at radius 2 is 2.05 bits per heavy atom. The number of amides is 1. The number of phenolic OH excluding ortho intramolecular Hbond substituents is 1. The molecule has 1 aliphatic rings. The van der Waals surface area contributed by atoms with Crippen molar-refractivity contribution in [1.82, 2.24) is 5.32 Å². The zero-order chi connectivity index (χ0) is 14.0. The molecule has 0 bridgehead atoms. The zero-order valence-corrected chi connectivity index (χ0v) is 11.4. The summed E-state index contributed by atoms with van der Waals surface area (Å²) in [5.74, 6) is -2.02.